The van der Waals surface area contributed by atoms with Crippen molar-refractivity contribution in [1.82, 2.24) is 29.5 Å². The van der Waals surface area contributed by atoms with Crippen molar-refractivity contribution in [2.24, 2.45) is 0 Å². The van der Waals surface area contributed by atoms with Gasteiger partial charge in [0.15, 0.2) is 11.2 Å². The minimum atomic E-state index is -0.271. The molecule has 0 fully saturated rings. The number of thiophene rings is 1. The molecule has 0 spiro atoms. The maximum atomic E-state index is 12.9. The van der Waals surface area contributed by atoms with Gasteiger partial charge in [0.2, 0.25) is 5.89 Å². The second-order valence-corrected chi connectivity index (χ2v) is 7.13. The molecule has 9 heteroatoms. The van der Waals surface area contributed by atoms with E-state index in [0.29, 0.717) is 23.0 Å². The second-order valence-electron chi connectivity index (χ2n) is 6.19. The number of nitrogens with zero attached hydrogens (tertiary/aromatic N) is 6. The molecule has 0 aliphatic rings. The van der Waals surface area contributed by atoms with Crippen LogP contribution in [0.2, 0.25) is 0 Å². The third-order valence-corrected chi connectivity index (χ3v) is 5.23. The van der Waals surface area contributed by atoms with Gasteiger partial charge in [-0.2, -0.15) is 4.68 Å². The molecule has 138 valence electrons. The number of aromatic nitrogens is 6. The van der Waals surface area contributed by atoms with Crippen LogP contribution in [0.15, 0.2) is 63.4 Å². The van der Waals surface area contributed by atoms with Gasteiger partial charge in [0, 0.05) is 0 Å². The van der Waals surface area contributed by atoms with Gasteiger partial charge >= 0.3 is 0 Å². The maximum absolute atomic E-state index is 12.9. The van der Waals surface area contributed by atoms with Crippen LogP contribution in [0, 0.1) is 6.92 Å². The SMILES string of the molecule is Cc1oc(-c2cccs2)nc1Cn1cnc2c(nnn2-c2ccccc2)c1=O. The number of oxazole rings is 1. The Bertz CT molecular complexity index is 1320. The summed E-state index contributed by atoms with van der Waals surface area (Å²) in [5.41, 5.74) is 1.84. The number of rotatable bonds is 4. The first-order chi connectivity index (χ1) is 13.7. The molecule has 28 heavy (non-hydrogen) atoms. The van der Waals surface area contributed by atoms with E-state index in [1.54, 1.807) is 16.0 Å². The number of hydrogen-bond donors (Lipinski definition) is 0. The molecule has 0 saturated heterocycles. The van der Waals surface area contributed by atoms with Crippen molar-refractivity contribution in [1.29, 1.82) is 0 Å². The summed E-state index contributed by atoms with van der Waals surface area (Å²) in [7, 11) is 0. The Morgan fingerprint density at radius 3 is 2.79 bits per heavy atom. The molecule has 0 bridgehead atoms. The fourth-order valence-corrected chi connectivity index (χ4v) is 3.59. The van der Waals surface area contributed by atoms with Gasteiger partial charge < -0.3 is 4.42 Å². The van der Waals surface area contributed by atoms with E-state index in [9.17, 15) is 4.79 Å². The lowest BCUT2D eigenvalue weighted by molar-refractivity contribution is 0.538. The summed E-state index contributed by atoms with van der Waals surface area (Å²) in [4.78, 5) is 22.8. The highest BCUT2D eigenvalue weighted by Crippen LogP contribution is 2.26. The van der Waals surface area contributed by atoms with Crippen molar-refractivity contribution < 1.29 is 4.42 Å². The summed E-state index contributed by atoms with van der Waals surface area (Å²) in [6, 6.07) is 13.3. The summed E-state index contributed by atoms with van der Waals surface area (Å²) in [5.74, 6) is 1.22. The van der Waals surface area contributed by atoms with Crippen molar-refractivity contribution in [3.05, 3.63) is 76.0 Å². The Balaban J connectivity index is 1.53. The third-order valence-electron chi connectivity index (χ3n) is 4.37. The zero-order valence-corrected chi connectivity index (χ0v) is 15.6. The molecule has 4 heterocycles. The van der Waals surface area contributed by atoms with E-state index >= 15 is 0 Å². The van der Waals surface area contributed by atoms with E-state index in [1.807, 2.05) is 54.8 Å². The first-order valence-corrected chi connectivity index (χ1v) is 9.45. The molecule has 4 aromatic heterocycles. The Morgan fingerprint density at radius 2 is 2.00 bits per heavy atom. The van der Waals surface area contributed by atoms with Crippen LogP contribution in [0.25, 0.3) is 27.6 Å². The lowest BCUT2D eigenvalue weighted by Crippen LogP contribution is -2.22. The molecule has 0 aliphatic heterocycles. The smallest absolute Gasteiger partial charge is 0.283 e. The highest BCUT2D eigenvalue weighted by Gasteiger charge is 2.16. The van der Waals surface area contributed by atoms with Crippen molar-refractivity contribution in [3.63, 3.8) is 0 Å². The molecule has 0 saturated carbocycles. The first kappa shape index (κ1) is 16.6. The molecule has 0 radical (unpaired) electrons. The van der Waals surface area contributed by atoms with Crippen LogP contribution >= 0.6 is 11.3 Å². The number of benzene rings is 1. The number of fused-ring (bicyclic) bond motifs is 1. The fraction of sp³-hybridized carbons (Fsp3) is 0.105. The van der Waals surface area contributed by atoms with Crippen LogP contribution in [0.1, 0.15) is 11.5 Å². The van der Waals surface area contributed by atoms with Gasteiger partial charge in [0.25, 0.3) is 5.56 Å². The fourth-order valence-electron chi connectivity index (χ4n) is 2.94. The zero-order valence-electron chi connectivity index (χ0n) is 14.8. The van der Waals surface area contributed by atoms with Crippen molar-refractivity contribution in [2.45, 2.75) is 13.5 Å². The molecule has 8 nitrogen and oxygen atoms in total. The van der Waals surface area contributed by atoms with E-state index in [4.69, 9.17) is 4.42 Å². The van der Waals surface area contributed by atoms with Crippen LogP contribution in [0.5, 0.6) is 0 Å². The van der Waals surface area contributed by atoms with Crippen LogP contribution in [0.3, 0.4) is 0 Å². The molecule has 0 unspecified atom stereocenters. The van der Waals surface area contributed by atoms with Gasteiger partial charge in [-0.05, 0) is 30.5 Å². The standard InChI is InChI=1S/C19H14N6O2S/c1-12-14(21-18(27-12)15-8-5-9-28-15)10-24-11-20-17-16(19(24)26)22-23-25(17)13-6-3-2-4-7-13/h2-9,11H,10H2,1H3. The predicted molar refractivity (Wildman–Crippen MR) is 105 cm³/mol. The quantitative estimate of drug-likeness (QED) is 0.468. The van der Waals surface area contributed by atoms with Gasteiger partial charge in [0.05, 0.1) is 17.1 Å². The predicted octanol–water partition coefficient (Wildman–Crippen LogP) is 3.05. The largest absolute Gasteiger partial charge is 0.440 e. The topological polar surface area (TPSA) is 91.6 Å². The van der Waals surface area contributed by atoms with Crippen molar-refractivity contribution in [3.8, 4) is 16.5 Å². The number of para-hydroxylation sites is 1. The van der Waals surface area contributed by atoms with E-state index in [-0.39, 0.29) is 17.6 Å². The molecule has 5 rings (SSSR count). The molecule has 0 amide bonds. The minimum Gasteiger partial charge on any atom is -0.440 e. The van der Waals surface area contributed by atoms with Gasteiger partial charge in [-0.25, -0.2) is 9.97 Å². The Labute approximate surface area is 162 Å². The maximum Gasteiger partial charge on any atom is 0.283 e. The van der Waals surface area contributed by atoms with Gasteiger partial charge in [-0.1, -0.05) is 29.5 Å². The molecule has 1 aromatic carbocycles. The van der Waals surface area contributed by atoms with Crippen LogP contribution in [-0.4, -0.2) is 29.5 Å². The molecule has 0 N–H and O–H groups in total. The molecular formula is C19H14N6O2S. The van der Waals surface area contributed by atoms with Crippen LogP contribution < -0.4 is 5.56 Å². The summed E-state index contributed by atoms with van der Waals surface area (Å²) in [6.45, 7) is 2.09. The Morgan fingerprint density at radius 1 is 1.14 bits per heavy atom. The summed E-state index contributed by atoms with van der Waals surface area (Å²) >= 11 is 1.55. The zero-order chi connectivity index (χ0) is 19.1. The Kier molecular flexibility index (Phi) is 3.87. The monoisotopic (exact) mass is 390 g/mol. The highest BCUT2D eigenvalue weighted by atomic mass is 32.1. The Hall–Kier alpha value is -3.59. The van der Waals surface area contributed by atoms with Gasteiger partial charge in [-0.3, -0.25) is 9.36 Å². The normalized spacial score (nSPS) is 11.3. The van der Waals surface area contributed by atoms with Crippen LogP contribution in [0.4, 0.5) is 0 Å². The average molecular weight is 390 g/mol. The summed E-state index contributed by atoms with van der Waals surface area (Å²) in [6.07, 6.45) is 1.49. The lowest BCUT2D eigenvalue weighted by atomic mass is 10.3. The molecule has 0 atom stereocenters. The minimum absolute atomic E-state index is 0.214. The third kappa shape index (κ3) is 2.72. The first-order valence-electron chi connectivity index (χ1n) is 8.57. The summed E-state index contributed by atoms with van der Waals surface area (Å²) in [5, 5.41) is 10.1. The van der Waals surface area contributed by atoms with E-state index in [0.717, 1.165) is 10.6 Å². The van der Waals surface area contributed by atoms with Gasteiger partial charge in [0.1, 0.15) is 17.8 Å². The van der Waals surface area contributed by atoms with Crippen molar-refractivity contribution in [2.75, 3.05) is 0 Å². The van der Waals surface area contributed by atoms with E-state index < -0.39 is 0 Å². The summed E-state index contributed by atoms with van der Waals surface area (Å²) < 4.78 is 8.77. The second kappa shape index (κ2) is 6.54. The molecule has 0 aliphatic carbocycles. The number of aryl methyl sites for hydroxylation is 1. The molecule has 5 aromatic rings. The van der Waals surface area contributed by atoms with E-state index in [2.05, 4.69) is 20.3 Å². The average Bonchev–Trinajstić information content (AvgIpc) is 3.45. The molecular weight excluding hydrogens is 376 g/mol. The lowest BCUT2D eigenvalue weighted by Gasteiger charge is -2.04. The van der Waals surface area contributed by atoms with Crippen molar-refractivity contribution >= 4 is 22.5 Å². The van der Waals surface area contributed by atoms with Crippen LogP contribution in [-0.2, 0) is 6.54 Å². The highest BCUT2D eigenvalue weighted by molar-refractivity contribution is 7.13. The van der Waals surface area contributed by atoms with Gasteiger partial charge in [-0.15, -0.1) is 16.4 Å². The number of hydrogen-bond acceptors (Lipinski definition) is 7. The van der Waals surface area contributed by atoms with E-state index in [1.165, 1.54) is 10.9 Å².